The standard InChI is InChI=1S/C10H17N3O3S/c1-10(2,14)6-13-7-3-4-9(8(11)5-7)17(12,15)16/h3-5,13-14H,6,11H2,1-2H3,(H2,12,15,16). The highest BCUT2D eigenvalue weighted by atomic mass is 32.2. The van der Waals surface area contributed by atoms with Gasteiger partial charge in [0.05, 0.1) is 11.3 Å². The van der Waals surface area contributed by atoms with E-state index in [2.05, 4.69) is 5.32 Å². The number of sulfonamides is 1. The van der Waals surface area contributed by atoms with Crippen molar-refractivity contribution < 1.29 is 13.5 Å². The Bertz CT molecular complexity index is 506. The Labute approximate surface area is 101 Å². The number of hydrogen-bond acceptors (Lipinski definition) is 5. The van der Waals surface area contributed by atoms with E-state index < -0.39 is 15.6 Å². The molecule has 0 spiro atoms. The van der Waals surface area contributed by atoms with Crippen LogP contribution in [0, 0.1) is 0 Å². The van der Waals surface area contributed by atoms with Crippen molar-refractivity contribution in [2.24, 2.45) is 5.14 Å². The molecule has 1 rings (SSSR count). The summed E-state index contributed by atoms with van der Waals surface area (Å²) in [5, 5.41) is 17.4. The third-order valence-corrected chi connectivity index (χ3v) is 3.03. The lowest BCUT2D eigenvalue weighted by molar-refractivity contribution is 0.0945. The maximum Gasteiger partial charge on any atom is 0.240 e. The molecule has 0 saturated carbocycles. The minimum absolute atomic E-state index is 0.0771. The average Bonchev–Trinajstić information content (AvgIpc) is 2.11. The van der Waals surface area contributed by atoms with Gasteiger partial charge in [-0.05, 0) is 32.0 Å². The van der Waals surface area contributed by atoms with E-state index in [0.717, 1.165) is 0 Å². The van der Waals surface area contributed by atoms with Crippen molar-refractivity contribution in [3.05, 3.63) is 18.2 Å². The highest BCUT2D eigenvalue weighted by Gasteiger charge is 2.14. The van der Waals surface area contributed by atoms with E-state index in [9.17, 15) is 13.5 Å². The summed E-state index contributed by atoms with van der Waals surface area (Å²) in [6, 6.07) is 4.34. The topological polar surface area (TPSA) is 118 Å². The maximum atomic E-state index is 11.1. The molecule has 0 heterocycles. The highest BCUT2D eigenvalue weighted by molar-refractivity contribution is 7.89. The Kier molecular flexibility index (Phi) is 3.65. The van der Waals surface area contributed by atoms with Crippen LogP contribution in [0.1, 0.15) is 13.8 Å². The van der Waals surface area contributed by atoms with Gasteiger partial charge in [0.15, 0.2) is 0 Å². The molecule has 0 aliphatic rings. The van der Waals surface area contributed by atoms with E-state index in [1.165, 1.54) is 12.1 Å². The number of nitrogens with two attached hydrogens (primary N) is 2. The van der Waals surface area contributed by atoms with Gasteiger partial charge in [0, 0.05) is 12.2 Å². The van der Waals surface area contributed by atoms with E-state index in [4.69, 9.17) is 10.9 Å². The number of primary sulfonamides is 1. The molecule has 1 aromatic carbocycles. The number of aliphatic hydroxyl groups is 1. The quantitative estimate of drug-likeness (QED) is 0.572. The summed E-state index contributed by atoms with van der Waals surface area (Å²) >= 11 is 0. The van der Waals surface area contributed by atoms with Crippen LogP contribution in [-0.4, -0.2) is 25.7 Å². The van der Waals surface area contributed by atoms with E-state index in [1.807, 2.05) is 0 Å². The number of anilines is 2. The zero-order valence-corrected chi connectivity index (χ0v) is 10.6. The molecule has 0 aliphatic carbocycles. The second kappa shape index (κ2) is 4.52. The summed E-state index contributed by atoms with van der Waals surface area (Å²) in [6.45, 7) is 3.63. The highest BCUT2D eigenvalue weighted by Crippen LogP contribution is 2.21. The zero-order chi connectivity index (χ0) is 13.3. The van der Waals surface area contributed by atoms with Gasteiger partial charge in [-0.25, -0.2) is 13.6 Å². The van der Waals surface area contributed by atoms with E-state index in [1.54, 1.807) is 19.9 Å². The molecule has 6 N–H and O–H groups in total. The summed E-state index contributed by atoms with van der Waals surface area (Å²) in [6.07, 6.45) is 0. The molecule has 7 heteroatoms. The summed E-state index contributed by atoms with van der Waals surface area (Å²) in [4.78, 5) is -0.105. The van der Waals surface area contributed by atoms with Crippen LogP contribution in [-0.2, 0) is 10.0 Å². The van der Waals surface area contributed by atoms with Crippen molar-refractivity contribution in [2.45, 2.75) is 24.3 Å². The third kappa shape index (κ3) is 4.22. The normalized spacial score (nSPS) is 12.5. The molecule has 1 aromatic rings. The Hall–Kier alpha value is -1.31. The molecule has 0 atom stereocenters. The predicted octanol–water partition coefficient (Wildman–Crippen LogP) is 0.0990. The summed E-state index contributed by atoms with van der Waals surface area (Å²) < 4.78 is 22.2. The largest absolute Gasteiger partial charge is 0.398 e. The first-order valence-corrected chi connectivity index (χ1v) is 6.53. The maximum absolute atomic E-state index is 11.1. The van der Waals surface area contributed by atoms with Crippen LogP contribution in [0.4, 0.5) is 11.4 Å². The first-order valence-electron chi connectivity index (χ1n) is 4.98. The van der Waals surface area contributed by atoms with Gasteiger partial charge in [-0.3, -0.25) is 0 Å². The minimum atomic E-state index is -3.80. The van der Waals surface area contributed by atoms with E-state index in [-0.39, 0.29) is 10.6 Å². The number of hydrogen-bond donors (Lipinski definition) is 4. The average molecular weight is 259 g/mol. The monoisotopic (exact) mass is 259 g/mol. The molecule has 0 aliphatic heterocycles. The second-order valence-electron chi connectivity index (χ2n) is 4.46. The van der Waals surface area contributed by atoms with Crippen LogP contribution < -0.4 is 16.2 Å². The SMILES string of the molecule is CC(C)(O)CNc1ccc(S(N)(=O)=O)c(N)c1. The van der Waals surface area contributed by atoms with Crippen LogP contribution in [0.3, 0.4) is 0 Å². The first kappa shape index (κ1) is 13.8. The third-order valence-electron chi connectivity index (χ3n) is 2.04. The van der Waals surface area contributed by atoms with E-state index in [0.29, 0.717) is 12.2 Å². The van der Waals surface area contributed by atoms with Crippen LogP contribution in [0.25, 0.3) is 0 Å². The van der Waals surface area contributed by atoms with Crippen molar-refractivity contribution in [1.29, 1.82) is 0 Å². The van der Waals surface area contributed by atoms with Crippen molar-refractivity contribution in [3.8, 4) is 0 Å². The van der Waals surface area contributed by atoms with Gasteiger partial charge in [-0.1, -0.05) is 0 Å². The number of benzene rings is 1. The fourth-order valence-corrected chi connectivity index (χ4v) is 1.88. The van der Waals surface area contributed by atoms with Crippen molar-refractivity contribution in [1.82, 2.24) is 0 Å². The van der Waals surface area contributed by atoms with E-state index >= 15 is 0 Å². The van der Waals surface area contributed by atoms with Gasteiger partial charge in [-0.2, -0.15) is 0 Å². The fourth-order valence-electron chi connectivity index (χ4n) is 1.24. The van der Waals surface area contributed by atoms with Gasteiger partial charge >= 0.3 is 0 Å². The summed E-state index contributed by atoms with van der Waals surface area (Å²) in [5.41, 5.74) is 5.42. The van der Waals surface area contributed by atoms with Crippen LogP contribution in [0.2, 0.25) is 0 Å². The first-order chi connectivity index (χ1) is 7.59. The number of rotatable bonds is 4. The van der Waals surface area contributed by atoms with Gasteiger partial charge < -0.3 is 16.2 Å². The predicted molar refractivity (Wildman–Crippen MR) is 67.0 cm³/mol. The Balaban J connectivity index is 2.91. The van der Waals surface area contributed by atoms with Gasteiger partial charge in [0.2, 0.25) is 10.0 Å². The molecule has 0 amide bonds. The Morgan fingerprint density at radius 3 is 2.41 bits per heavy atom. The number of nitrogen functional groups attached to an aromatic ring is 1. The molecule has 96 valence electrons. The smallest absolute Gasteiger partial charge is 0.240 e. The van der Waals surface area contributed by atoms with Gasteiger partial charge in [0.1, 0.15) is 4.90 Å². The molecule has 0 unspecified atom stereocenters. The molecular formula is C10H17N3O3S. The summed E-state index contributed by atoms with van der Waals surface area (Å²) in [5.74, 6) is 0. The van der Waals surface area contributed by atoms with Crippen molar-refractivity contribution in [3.63, 3.8) is 0 Å². The Morgan fingerprint density at radius 1 is 1.41 bits per heavy atom. The molecule has 0 saturated heterocycles. The van der Waals surface area contributed by atoms with Gasteiger partial charge in [-0.15, -0.1) is 0 Å². The summed E-state index contributed by atoms with van der Waals surface area (Å²) in [7, 11) is -3.80. The lowest BCUT2D eigenvalue weighted by Crippen LogP contribution is -2.29. The molecule has 0 fully saturated rings. The Morgan fingerprint density at radius 2 is 2.00 bits per heavy atom. The molecular weight excluding hydrogens is 242 g/mol. The van der Waals surface area contributed by atoms with Crippen LogP contribution in [0.5, 0.6) is 0 Å². The minimum Gasteiger partial charge on any atom is -0.398 e. The molecule has 0 bridgehead atoms. The van der Waals surface area contributed by atoms with Crippen LogP contribution in [0.15, 0.2) is 23.1 Å². The lowest BCUT2D eigenvalue weighted by atomic mass is 10.1. The second-order valence-corrected chi connectivity index (χ2v) is 5.99. The number of nitrogens with one attached hydrogen (secondary N) is 1. The van der Waals surface area contributed by atoms with Crippen molar-refractivity contribution >= 4 is 21.4 Å². The van der Waals surface area contributed by atoms with Crippen LogP contribution >= 0.6 is 0 Å². The zero-order valence-electron chi connectivity index (χ0n) is 9.77. The fraction of sp³-hybridized carbons (Fsp3) is 0.400. The molecule has 6 nitrogen and oxygen atoms in total. The lowest BCUT2D eigenvalue weighted by Gasteiger charge is -2.19. The molecule has 17 heavy (non-hydrogen) atoms. The molecule has 0 radical (unpaired) electrons. The van der Waals surface area contributed by atoms with Gasteiger partial charge in [0.25, 0.3) is 0 Å². The van der Waals surface area contributed by atoms with Crippen molar-refractivity contribution in [2.75, 3.05) is 17.6 Å². The molecule has 0 aromatic heterocycles.